The topological polar surface area (TPSA) is 38.7 Å². The number of hydrogen-bond donors (Lipinski definition) is 1. The molecule has 0 aliphatic heterocycles. The van der Waals surface area contributed by atoms with Crippen molar-refractivity contribution in [2.45, 2.75) is 233 Å². The van der Waals surface area contributed by atoms with Crippen LogP contribution in [-0.2, 0) is 9.05 Å². The SMILES string of the molecule is CCCCCCCCCCCCP(O)(CCCCCCCCCCCC)(OCCCCCCCC)OCCCCCCCC. The van der Waals surface area contributed by atoms with Gasteiger partial charge in [0, 0.05) is 0 Å². The molecule has 0 spiro atoms. The van der Waals surface area contributed by atoms with E-state index in [0.717, 1.165) is 38.0 Å². The van der Waals surface area contributed by atoms with Crippen LogP contribution < -0.4 is 0 Å². The van der Waals surface area contributed by atoms with Gasteiger partial charge in [-0.1, -0.05) is 0 Å². The van der Waals surface area contributed by atoms with Gasteiger partial charge in [0.15, 0.2) is 0 Å². The molecule has 0 aliphatic rings. The van der Waals surface area contributed by atoms with Crippen LogP contribution in [-0.4, -0.2) is 30.4 Å². The minimum absolute atomic E-state index is 0.673. The number of rotatable bonds is 38. The average Bonchev–Trinajstić information content (AvgIpc) is 3.02. The molecule has 0 fully saturated rings. The molecule has 4 heteroatoms. The summed E-state index contributed by atoms with van der Waals surface area (Å²) in [6.45, 7) is 10.5. The van der Waals surface area contributed by atoms with Crippen molar-refractivity contribution in [1.29, 1.82) is 0 Å². The zero-order valence-corrected chi connectivity index (χ0v) is 32.1. The predicted octanol–water partition coefficient (Wildman–Crippen LogP) is 14.9. The molecule has 0 atom stereocenters. The molecule has 0 saturated carbocycles. The Morgan fingerprint density at radius 2 is 0.500 bits per heavy atom. The second-order valence-electron chi connectivity index (χ2n) is 14.3. The summed E-state index contributed by atoms with van der Waals surface area (Å²) in [6, 6.07) is 0. The molecule has 0 amide bonds. The van der Waals surface area contributed by atoms with Crippen LogP contribution in [0.25, 0.3) is 0 Å². The molecule has 0 bridgehead atoms. The van der Waals surface area contributed by atoms with Crippen LogP contribution >= 0.6 is 7.28 Å². The Labute approximate surface area is 279 Å². The fraction of sp³-hybridized carbons (Fsp3) is 1.00. The summed E-state index contributed by atoms with van der Waals surface area (Å²) >= 11 is 0. The Morgan fingerprint density at radius 1 is 0.295 bits per heavy atom. The molecule has 0 heterocycles. The van der Waals surface area contributed by atoms with Crippen molar-refractivity contribution in [3.63, 3.8) is 0 Å². The molecular formula is C40H85O3P. The Bertz CT molecular complexity index is 509. The first-order valence-electron chi connectivity index (χ1n) is 20.6. The molecule has 1 N–H and O–H groups in total. The van der Waals surface area contributed by atoms with Crippen molar-refractivity contribution in [1.82, 2.24) is 0 Å². The van der Waals surface area contributed by atoms with Gasteiger partial charge in [-0.15, -0.1) is 0 Å². The molecule has 0 rings (SSSR count). The predicted molar refractivity (Wildman–Crippen MR) is 201 cm³/mol. The Hall–Kier alpha value is 0.310. The fourth-order valence-electron chi connectivity index (χ4n) is 6.54. The Kier molecular flexibility index (Phi) is 33.5. The van der Waals surface area contributed by atoms with Gasteiger partial charge in [0.2, 0.25) is 0 Å². The van der Waals surface area contributed by atoms with E-state index in [2.05, 4.69) is 27.7 Å². The second kappa shape index (κ2) is 33.2. The molecule has 3 nitrogen and oxygen atoms in total. The third-order valence-corrected chi connectivity index (χ3v) is 13.6. The van der Waals surface area contributed by atoms with E-state index in [-0.39, 0.29) is 0 Å². The van der Waals surface area contributed by atoms with Gasteiger partial charge in [0.1, 0.15) is 0 Å². The summed E-state index contributed by atoms with van der Waals surface area (Å²) in [4.78, 5) is 12.6. The summed E-state index contributed by atoms with van der Waals surface area (Å²) in [5, 5.41) is 0. The van der Waals surface area contributed by atoms with E-state index in [4.69, 9.17) is 9.05 Å². The molecule has 0 aliphatic carbocycles. The summed E-state index contributed by atoms with van der Waals surface area (Å²) < 4.78 is 13.4. The first-order valence-corrected chi connectivity index (χ1v) is 23.0. The van der Waals surface area contributed by atoms with Crippen molar-refractivity contribution in [3.8, 4) is 0 Å². The summed E-state index contributed by atoms with van der Waals surface area (Å²) in [5.41, 5.74) is 0. The van der Waals surface area contributed by atoms with E-state index in [1.807, 2.05) is 0 Å². The minimum atomic E-state index is -3.63. The third-order valence-electron chi connectivity index (χ3n) is 9.67. The van der Waals surface area contributed by atoms with Crippen molar-refractivity contribution < 1.29 is 13.9 Å². The Balaban J connectivity index is 4.98. The van der Waals surface area contributed by atoms with Crippen LogP contribution in [0.3, 0.4) is 0 Å². The van der Waals surface area contributed by atoms with Crippen LogP contribution in [0, 0.1) is 0 Å². The monoisotopic (exact) mass is 645 g/mol. The van der Waals surface area contributed by atoms with Gasteiger partial charge in [0.25, 0.3) is 0 Å². The first kappa shape index (κ1) is 44.3. The van der Waals surface area contributed by atoms with Crippen LogP contribution in [0.1, 0.15) is 233 Å². The van der Waals surface area contributed by atoms with Crippen LogP contribution in [0.5, 0.6) is 0 Å². The van der Waals surface area contributed by atoms with E-state index >= 15 is 0 Å². The van der Waals surface area contributed by atoms with Gasteiger partial charge in [-0.05, 0) is 0 Å². The van der Waals surface area contributed by atoms with Crippen molar-refractivity contribution >= 4 is 7.28 Å². The third kappa shape index (κ3) is 28.5. The quantitative estimate of drug-likeness (QED) is 0.0537. The second-order valence-corrected chi connectivity index (χ2v) is 18.2. The number of unbranched alkanes of at least 4 members (excludes halogenated alkanes) is 28. The van der Waals surface area contributed by atoms with Gasteiger partial charge >= 0.3 is 280 Å². The zero-order chi connectivity index (χ0) is 32.3. The molecule has 0 radical (unpaired) electrons. The molecular weight excluding hydrogens is 559 g/mol. The summed E-state index contributed by atoms with van der Waals surface area (Å²) in [7, 11) is -3.63. The number of hydrogen-bond acceptors (Lipinski definition) is 3. The van der Waals surface area contributed by atoms with Gasteiger partial charge < -0.3 is 0 Å². The molecule has 0 aromatic rings. The molecule has 44 heavy (non-hydrogen) atoms. The van der Waals surface area contributed by atoms with Crippen LogP contribution in [0.4, 0.5) is 0 Å². The van der Waals surface area contributed by atoms with Gasteiger partial charge in [0.05, 0.1) is 0 Å². The standard InChI is InChI=1S/C40H85O3P/c1-5-9-13-17-21-23-25-27-31-35-39-44(41,42-37-33-29-19-15-11-7-3,43-38-34-30-20-16-12-8-4)40-36-32-28-26-24-22-18-14-10-6-2/h41H,5-40H2,1-4H3. The van der Waals surface area contributed by atoms with Crippen molar-refractivity contribution in [3.05, 3.63) is 0 Å². The molecule has 268 valence electrons. The van der Waals surface area contributed by atoms with E-state index in [9.17, 15) is 4.89 Å². The molecule has 0 aromatic carbocycles. The first-order chi connectivity index (χ1) is 21.5. The molecule has 0 saturated heterocycles. The van der Waals surface area contributed by atoms with Gasteiger partial charge in [-0.3, -0.25) is 0 Å². The maximum absolute atomic E-state index is 12.6. The van der Waals surface area contributed by atoms with Crippen LogP contribution in [0.15, 0.2) is 0 Å². The zero-order valence-electron chi connectivity index (χ0n) is 31.2. The fourth-order valence-corrected chi connectivity index (χ4v) is 10.1. The van der Waals surface area contributed by atoms with Crippen LogP contribution in [0.2, 0.25) is 0 Å². The Morgan fingerprint density at radius 3 is 0.750 bits per heavy atom. The van der Waals surface area contributed by atoms with E-state index < -0.39 is 7.28 Å². The summed E-state index contributed by atoms with van der Waals surface area (Å²) in [5.74, 6) is 0. The summed E-state index contributed by atoms with van der Waals surface area (Å²) in [6.07, 6.45) is 42.8. The van der Waals surface area contributed by atoms with Crippen molar-refractivity contribution in [2.75, 3.05) is 25.5 Å². The van der Waals surface area contributed by atoms with E-state index in [0.29, 0.717) is 13.2 Å². The molecule has 0 aromatic heterocycles. The average molecular weight is 645 g/mol. The normalized spacial score (nSPS) is 13.0. The van der Waals surface area contributed by atoms with Gasteiger partial charge in [-0.25, -0.2) is 0 Å². The van der Waals surface area contributed by atoms with Crippen molar-refractivity contribution in [2.24, 2.45) is 0 Å². The van der Waals surface area contributed by atoms with E-state index in [1.165, 1.54) is 180 Å². The van der Waals surface area contributed by atoms with Gasteiger partial charge in [-0.2, -0.15) is 0 Å². The maximum atomic E-state index is 12.6. The van der Waals surface area contributed by atoms with E-state index in [1.54, 1.807) is 0 Å². The molecule has 0 unspecified atom stereocenters.